The molecule has 1 aromatic heterocycles. The molecule has 0 saturated heterocycles. The number of H-pyrrole nitrogens is 1. The minimum atomic E-state index is -0.955. The smallest absolute Gasteiger partial charge is 0.352 e. The van der Waals surface area contributed by atoms with Crippen molar-refractivity contribution in [3.63, 3.8) is 0 Å². The second kappa shape index (κ2) is 6.86. The molecule has 2 rings (SSSR count). The van der Waals surface area contributed by atoms with Crippen LogP contribution in [0.2, 0.25) is 5.02 Å². The van der Waals surface area contributed by atoms with Crippen molar-refractivity contribution in [1.82, 2.24) is 4.98 Å². The van der Waals surface area contributed by atoms with Crippen molar-refractivity contribution in [3.8, 4) is 0 Å². The molecule has 8 heteroatoms. The molecule has 0 unspecified atom stereocenters. The minimum Gasteiger partial charge on any atom is -0.461 e. The maximum atomic E-state index is 11.7. The lowest BCUT2D eigenvalue weighted by molar-refractivity contribution is -0.386. The van der Waals surface area contributed by atoms with E-state index in [0.29, 0.717) is 0 Å². The maximum Gasteiger partial charge on any atom is 0.352 e. The highest BCUT2D eigenvalue weighted by molar-refractivity contribution is 6.32. The van der Waals surface area contributed by atoms with Crippen molar-refractivity contribution < 1.29 is 14.5 Å². The lowest BCUT2D eigenvalue weighted by atomic mass is 10.2. The average molecular weight is 323 g/mol. The van der Waals surface area contributed by atoms with Crippen LogP contribution in [0.25, 0.3) is 0 Å². The Labute approximate surface area is 129 Å². The molecular weight excluding hydrogens is 312 g/mol. The largest absolute Gasteiger partial charge is 0.461 e. The summed E-state index contributed by atoms with van der Waals surface area (Å²) in [7, 11) is 0. The molecule has 0 atom stereocenters. The third-order valence-corrected chi connectivity index (χ3v) is 3.06. The highest BCUT2D eigenvalue weighted by Crippen LogP contribution is 2.19. The first-order valence-electron chi connectivity index (χ1n) is 6.23. The summed E-state index contributed by atoms with van der Waals surface area (Å²) >= 11 is 5.67. The van der Waals surface area contributed by atoms with Gasteiger partial charge in [0, 0.05) is 5.69 Å². The van der Waals surface area contributed by atoms with E-state index in [9.17, 15) is 19.7 Å². The van der Waals surface area contributed by atoms with Crippen LogP contribution in [0.4, 0.5) is 5.69 Å². The predicted molar refractivity (Wildman–Crippen MR) is 78.7 cm³/mol. The van der Waals surface area contributed by atoms with Gasteiger partial charge in [-0.25, -0.2) is 0 Å². The summed E-state index contributed by atoms with van der Waals surface area (Å²) in [6.07, 6.45) is -0.236. The lowest BCUT2D eigenvalue weighted by Crippen LogP contribution is -2.17. The molecular formula is C14H11ClN2O5. The van der Waals surface area contributed by atoms with E-state index < -0.39 is 22.1 Å². The zero-order chi connectivity index (χ0) is 16.1. The molecule has 0 amide bonds. The van der Waals surface area contributed by atoms with Crippen LogP contribution >= 0.6 is 11.6 Å². The van der Waals surface area contributed by atoms with E-state index in [2.05, 4.69) is 4.98 Å². The highest BCUT2D eigenvalue weighted by atomic mass is 35.5. The standard InChI is InChI=1S/C14H11ClN2O5/c15-11-6-10(16-14(19)13(11)17(20)21)7-12(18)22-8-9-4-2-1-3-5-9/h1-6H,7-8H2,(H,16,19). The third-order valence-electron chi connectivity index (χ3n) is 2.78. The van der Waals surface area contributed by atoms with Crippen LogP contribution in [0.5, 0.6) is 0 Å². The van der Waals surface area contributed by atoms with Gasteiger partial charge in [0.2, 0.25) is 0 Å². The van der Waals surface area contributed by atoms with Gasteiger partial charge in [-0.1, -0.05) is 41.9 Å². The molecule has 7 nitrogen and oxygen atoms in total. The van der Waals surface area contributed by atoms with E-state index in [4.69, 9.17) is 16.3 Å². The van der Waals surface area contributed by atoms with Gasteiger partial charge in [-0.15, -0.1) is 0 Å². The number of nitrogens with zero attached hydrogens (tertiary/aromatic N) is 1. The fourth-order valence-electron chi connectivity index (χ4n) is 1.78. The fourth-order valence-corrected chi connectivity index (χ4v) is 2.07. The van der Waals surface area contributed by atoms with E-state index in [1.807, 2.05) is 18.2 Å². The monoisotopic (exact) mass is 322 g/mol. The molecule has 0 saturated carbocycles. The van der Waals surface area contributed by atoms with Crippen LogP contribution in [-0.4, -0.2) is 15.9 Å². The van der Waals surface area contributed by atoms with E-state index in [1.54, 1.807) is 12.1 Å². The van der Waals surface area contributed by atoms with Crippen LogP contribution in [0.1, 0.15) is 11.3 Å². The van der Waals surface area contributed by atoms with Gasteiger partial charge in [-0.05, 0) is 11.6 Å². The van der Waals surface area contributed by atoms with E-state index in [0.717, 1.165) is 5.56 Å². The number of carbonyl (C=O) groups excluding carboxylic acids is 1. The number of benzene rings is 1. The summed E-state index contributed by atoms with van der Waals surface area (Å²) in [4.78, 5) is 35.2. The Kier molecular flexibility index (Phi) is 4.90. The van der Waals surface area contributed by atoms with Crippen molar-refractivity contribution in [2.45, 2.75) is 13.0 Å². The molecule has 22 heavy (non-hydrogen) atoms. The number of rotatable bonds is 5. The number of aromatic amines is 1. The van der Waals surface area contributed by atoms with Crippen LogP contribution in [0.15, 0.2) is 41.2 Å². The Hall–Kier alpha value is -2.67. The van der Waals surface area contributed by atoms with Gasteiger partial charge in [0.15, 0.2) is 0 Å². The van der Waals surface area contributed by atoms with E-state index >= 15 is 0 Å². The first-order chi connectivity index (χ1) is 10.5. The molecule has 0 aliphatic heterocycles. The number of aromatic nitrogens is 1. The summed E-state index contributed by atoms with van der Waals surface area (Å²) in [5.74, 6) is -0.579. The summed E-state index contributed by atoms with van der Waals surface area (Å²) in [5, 5.41) is 10.3. The number of ether oxygens (including phenoxy) is 1. The molecule has 1 N–H and O–H groups in total. The number of hydrogen-bond donors (Lipinski definition) is 1. The summed E-state index contributed by atoms with van der Waals surface area (Å²) in [6, 6.07) is 10.3. The van der Waals surface area contributed by atoms with Gasteiger partial charge in [0.1, 0.15) is 11.6 Å². The molecule has 0 spiro atoms. The third kappa shape index (κ3) is 3.92. The average Bonchev–Trinajstić information content (AvgIpc) is 2.45. The topological polar surface area (TPSA) is 102 Å². The molecule has 0 fully saturated rings. The van der Waals surface area contributed by atoms with Crippen LogP contribution in [0, 0.1) is 10.1 Å². The highest BCUT2D eigenvalue weighted by Gasteiger charge is 2.20. The summed E-state index contributed by atoms with van der Waals surface area (Å²) < 4.78 is 5.05. The van der Waals surface area contributed by atoms with Crippen molar-refractivity contribution >= 4 is 23.3 Å². The zero-order valence-corrected chi connectivity index (χ0v) is 12.0. The number of halogens is 1. The molecule has 1 aromatic carbocycles. The second-order valence-corrected chi connectivity index (χ2v) is 4.81. The summed E-state index contributed by atoms with van der Waals surface area (Å²) in [5.41, 5.74) is -0.726. The van der Waals surface area contributed by atoms with Crippen molar-refractivity contribution in [1.29, 1.82) is 0 Å². The zero-order valence-electron chi connectivity index (χ0n) is 11.2. The number of carbonyl (C=O) groups is 1. The Morgan fingerprint density at radius 1 is 1.32 bits per heavy atom. The van der Waals surface area contributed by atoms with Crippen molar-refractivity contribution in [2.24, 2.45) is 0 Å². The minimum absolute atomic E-state index is 0.102. The Morgan fingerprint density at radius 3 is 2.59 bits per heavy atom. The molecule has 2 aromatic rings. The van der Waals surface area contributed by atoms with Crippen LogP contribution in [-0.2, 0) is 22.6 Å². The van der Waals surface area contributed by atoms with E-state index in [-0.39, 0.29) is 23.7 Å². The van der Waals surface area contributed by atoms with Gasteiger partial charge in [0.05, 0.1) is 11.3 Å². The Balaban J connectivity index is 2.03. The van der Waals surface area contributed by atoms with Gasteiger partial charge in [-0.3, -0.25) is 19.7 Å². The van der Waals surface area contributed by atoms with Crippen LogP contribution in [0.3, 0.4) is 0 Å². The SMILES string of the molecule is O=C(Cc1cc(Cl)c([N+](=O)[O-])c(=O)[nH]1)OCc1ccccc1. The second-order valence-electron chi connectivity index (χ2n) is 4.40. The Morgan fingerprint density at radius 2 is 2.00 bits per heavy atom. The number of nitrogens with one attached hydrogen (secondary N) is 1. The molecule has 0 radical (unpaired) electrons. The predicted octanol–water partition coefficient (Wildman–Crippen LogP) is 2.22. The number of hydrogen-bond acceptors (Lipinski definition) is 5. The summed E-state index contributed by atoms with van der Waals surface area (Å²) in [6.45, 7) is 0.102. The van der Waals surface area contributed by atoms with Gasteiger partial charge < -0.3 is 9.72 Å². The van der Waals surface area contributed by atoms with Gasteiger partial charge in [0.25, 0.3) is 0 Å². The maximum absolute atomic E-state index is 11.7. The molecule has 0 bridgehead atoms. The molecule has 0 aliphatic rings. The van der Waals surface area contributed by atoms with Crippen LogP contribution < -0.4 is 5.56 Å². The fraction of sp³-hybridized carbons (Fsp3) is 0.143. The van der Waals surface area contributed by atoms with Gasteiger partial charge >= 0.3 is 17.2 Å². The Bertz CT molecular complexity index is 758. The number of nitro groups is 1. The molecule has 114 valence electrons. The van der Waals surface area contributed by atoms with Crippen molar-refractivity contribution in [3.05, 3.63) is 73.1 Å². The molecule has 1 heterocycles. The lowest BCUT2D eigenvalue weighted by Gasteiger charge is -2.05. The van der Waals surface area contributed by atoms with Crippen molar-refractivity contribution in [2.75, 3.05) is 0 Å². The molecule has 0 aliphatic carbocycles. The number of esters is 1. The van der Waals surface area contributed by atoms with Gasteiger partial charge in [-0.2, -0.15) is 0 Å². The quantitative estimate of drug-likeness (QED) is 0.516. The first-order valence-corrected chi connectivity index (χ1v) is 6.61. The number of pyridine rings is 1. The first kappa shape index (κ1) is 15.7. The normalized spacial score (nSPS) is 10.2. The van der Waals surface area contributed by atoms with E-state index in [1.165, 1.54) is 6.07 Å².